The summed E-state index contributed by atoms with van der Waals surface area (Å²) in [6.07, 6.45) is 8.80. The van der Waals surface area contributed by atoms with Crippen LogP contribution in [0.5, 0.6) is 11.5 Å². The number of ether oxygens (including phenoxy) is 4. The lowest BCUT2D eigenvalue weighted by atomic mass is 9.77. The first-order valence-electron chi connectivity index (χ1n) is 23.4. The van der Waals surface area contributed by atoms with Gasteiger partial charge in [0.2, 0.25) is 5.91 Å². The van der Waals surface area contributed by atoms with Crippen LogP contribution in [0, 0.1) is 40.4 Å². The lowest BCUT2D eigenvalue weighted by Crippen LogP contribution is -2.48. The summed E-state index contributed by atoms with van der Waals surface area (Å²) in [5, 5.41) is 4.00. The lowest BCUT2D eigenvalue weighted by molar-refractivity contribution is -0.157. The van der Waals surface area contributed by atoms with Crippen molar-refractivity contribution >= 4 is 57.5 Å². The molecule has 8 rings (SSSR count). The van der Waals surface area contributed by atoms with Crippen LogP contribution < -0.4 is 9.47 Å². The van der Waals surface area contributed by atoms with Gasteiger partial charge in [-0.25, -0.2) is 9.97 Å². The Balaban J connectivity index is 1.10. The average Bonchev–Trinajstić information content (AvgIpc) is 3.92. The molecule has 2 saturated heterocycles. The molecule has 346 valence electrons. The van der Waals surface area contributed by atoms with Gasteiger partial charge in [0.15, 0.2) is 5.78 Å². The number of esters is 2. The third-order valence-electron chi connectivity index (χ3n) is 14.3. The first kappa shape index (κ1) is 46.5. The number of ketones is 1. The number of halogens is 1. The highest BCUT2D eigenvalue weighted by atomic mass is 35.5. The summed E-state index contributed by atoms with van der Waals surface area (Å²) in [5.41, 5.74) is 0.103. The van der Waals surface area contributed by atoms with Crippen molar-refractivity contribution in [2.45, 2.75) is 123 Å². The molecule has 4 heterocycles. The summed E-state index contributed by atoms with van der Waals surface area (Å²) in [6, 6.07) is 4.68. The Morgan fingerprint density at radius 2 is 1.75 bits per heavy atom. The van der Waals surface area contributed by atoms with E-state index in [0.717, 1.165) is 43.9 Å². The van der Waals surface area contributed by atoms with E-state index < -0.39 is 40.8 Å². The number of amides is 1. The van der Waals surface area contributed by atoms with E-state index in [1.54, 1.807) is 22.3 Å². The number of methoxy groups -OCH3 is 1. The van der Waals surface area contributed by atoms with E-state index in [9.17, 15) is 19.2 Å². The number of carbonyl (C=O) groups is 4. The van der Waals surface area contributed by atoms with Crippen LogP contribution in [-0.4, -0.2) is 102 Å². The summed E-state index contributed by atoms with van der Waals surface area (Å²) in [4.78, 5) is 70.3. The number of fused-ring (bicyclic) bond motifs is 2. The smallest absolute Gasteiger partial charge is 0.312 e. The van der Waals surface area contributed by atoms with Crippen LogP contribution in [0.4, 0.5) is 0 Å². The number of carbonyl (C=O) groups excluding carboxylic acids is 4. The number of pyridine rings is 1. The minimum absolute atomic E-state index is 0.0821. The number of hydrogen-bond donors (Lipinski definition) is 0. The van der Waals surface area contributed by atoms with Crippen molar-refractivity contribution in [3.05, 3.63) is 46.3 Å². The van der Waals surface area contributed by atoms with Crippen molar-refractivity contribution in [2.75, 3.05) is 39.9 Å². The van der Waals surface area contributed by atoms with Gasteiger partial charge in [-0.05, 0) is 92.8 Å². The molecular weight excluding hydrogens is 852 g/mol. The largest absolute Gasteiger partial charge is 0.491 e. The Bertz CT molecular complexity index is 2240. The van der Waals surface area contributed by atoms with E-state index in [2.05, 4.69) is 25.3 Å². The second-order valence-corrected chi connectivity index (χ2v) is 21.9. The Labute approximate surface area is 386 Å². The monoisotopic (exact) mass is 916 g/mol. The zero-order chi connectivity index (χ0) is 45.5. The number of benzene rings is 1. The number of thiazole rings is 1. The van der Waals surface area contributed by atoms with Gasteiger partial charge in [0.25, 0.3) is 0 Å². The van der Waals surface area contributed by atoms with Gasteiger partial charge in [-0.3, -0.25) is 24.1 Å². The zero-order valence-electron chi connectivity index (χ0n) is 38.4. The van der Waals surface area contributed by atoms with Crippen LogP contribution in [0.15, 0.2) is 36.2 Å². The van der Waals surface area contributed by atoms with Crippen LogP contribution in [0.3, 0.4) is 0 Å². The molecule has 1 aromatic carbocycles. The molecule has 5 fully saturated rings. The molecule has 1 amide bonds. The molecule has 0 bridgehead atoms. The predicted molar refractivity (Wildman–Crippen MR) is 247 cm³/mol. The van der Waals surface area contributed by atoms with Gasteiger partial charge in [0.1, 0.15) is 35.3 Å². The van der Waals surface area contributed by atoms with Crippen molar-refractivity contribution in [3.63, 3.8) is 0 Å². The van der Waals surface area contributed by atoms with Gasteiger partial charge in [-0.2, -0.15) is 0 Å². The molecule has 2 unspecified atom stereocenters. The highest BCUT2D eigenvalue weighted by Crippen LogP contribution is 2.57. The fraction of sp³-hybridized carbons (Fsp3) is 0.640. The molecule has 0 radical (unpaired) electrons. The molecule has 3 aliphatic carbocycles. The van der Waals surface area contributed by atoms with Gasteiger partial charge in [-0.1, -0.05) is 58.7 Å². The van der Waals surface area contributed by atoms with E-state index >= 15 is 0 Å². The molecule has 64 heavy (non-hydrogen) atoms. The first-order valence-corrected chi connectivity index (χ1v) is 24.7. The van der Waals surface area contributed by atoms with Gasteiger partial charge in [0, 0.05) is 42.6 Å². The van der Waals surface area contributed by atoms with Crippen LogP contribution in [0.1, 0.15) is 104 Å². The van der Waals surface area contributed by atoms with E-state index in [4.69, 9.17) is 40.5 Å². The Morgan fingerprint density at radius 1 is 1.00 bits per heavy atom. The summed E-state index contributed by atoms with van der Waals surface area (Å²) in [6.45, 7) is 17.5. The zero-order valence-corrected chi connectivity index (χ0v) is 39.9. The van der Waals surface area contributed by atoms with Crippen molar-refractivity contribution in [1.82, 2.24) is 19.8 Å². The third-order valence-corrected chi connectivity index (χ3v) is 15.5. The molecule has 0 spiro atoms. The minimum Gasteiger partial charge on any atom is -0.491 e. The molecule has 12 nitrogen and oxygen atoms in total. The third kappa shape index (κ3) is 10.2. The van der Waals surface area contributed by atoms with Gasteiger partial charge >= 0.3 is 11.9 Å². The van der Waals surface area contributed by atoms with E-state index in [1.165, 1.54) is 32.8 Å². The Kier molecular flexibility index (Phi) is 13.8. The van der Waals surface area contributed by atoms with Crippen LogP contribution in [-0.2, 0) is 35.1 Å². The second-order valence-electron chi connectivity index (χ2n) is 20.5. The quantitative estimate of drug-likeness (QED) is 0.0893. The van der Waals surface area contributed by atoms with E-state index in [-0.39, 0.29) is 49.5 Å². The maximum absolute atomic E-state index is 15.0. The normalized spacial score (nSPS) is 27.0. The molecular formula is C50H65ClN4O8S. The summed E-state index contributed by atoms with van der Waals surface area (Å²) >= 11 is 8.75. The van der Waals surface area contributed by atoms with Crippen molar-refractivity contribution in [3.8, 4) is 22.9 Å². The topological polar surface area (TPSA) is 137 Å². The van der Waals surface area contributed by atoms with Crippen LogP contribution in [0.2, 0.25) is 5.02 Å². The minimum atomic E-state index is -1.03. The molecule has 2 aliphatic heterocycles. The van der Waals surface area contributed by atoms with Gasteiger partial charge < -0.3 is 23.8 Å². The van der Waals surface area contributed by atoms with Gasteiger partial charge in [0.05, 0.1) is 59.4 Å². The maximum Gasteiger partial charge on any atom is 0.312 e. The van der Waals surface area contributed by atoms with Crippen molar-refractivity contribution in [2.24, 2.45) is 40.4 Å². The SMILES string of the molecule is C=C[C@@H]1CC1(CC(=O)[C@@H]1C[C@@H](Oc2cc(-c3csc(CC(C)C)n3)nc3c(Cl)c(OCCN4CCCCC4)ccc23)CN1C(=O)[C@@H](CC(=O)OC1C[C@@H]2C[C@@H]2C1)C(C)(C)C)C(=O)OC. The molecule has 2 aromatic heterocycles. The number of likely N-dealkylation sites (tertiary alicyclic amines) is 2. The Hall–Kier alpha value is -4.07. The number of piperidine rings is 1. The number of Topliss-reactive ketones (excluding diaryl/α,β-unsaturated/α-hetero) is 1. The standard InChI is InChI=1S/C50H65ClN4O8S/c1-8-32-25-50(32,48(59)60-7)26-40(56)39-22-34(27-55(39)47(58)36(49(4,5)6)23-44(57)63-33-20-30-19-31(30)21-33)62-42-24-37(38-28-64-43(52-38)18-29(2)3)53-46-35(42)12-13-41(45(46)51)61-17-16-54-14-10-9-11-15-54/h8,12-13,24,28-34,36,39H,1,9-11,14-23,25-27H2,2-7H3/t30-,31+,32-,33?,34-,36-,39+,50?/m1/s1. The fourth-order valence-corrected chi connectivity index (χ4v) is 11.7. The molecule has 14 heteroatoms. The number of nitrogens with zero attached hydrogens (tertiary/aromatic N) is 4. The summed E-state index contributed by atoms with van der Waals surface area (Å²) in [7, 11) is 1.32. The fourth-order valence-electron chi connectivity index (χ4n) is 10.4. The van der Waals surface area contributed by atoms with Crippen molar-refractivity contribution in [1.29, 1.82) is 0 Å². The average molecular weight is 918 g/mol. The molecule has 8 atom stereocenters. The summed E-state index contributed by atoms with van der Waals surface area (Å²) < 4.78 is 24.3. The van der Waals surface area contributed by atoms with Crippen LogP contribution in [0.25, 0.3) is 22.3 Å². The van der Waals surface area contributed by atoms with E-state index in [1.807, 2.05) is 44.4 Å². The maximum atomic E-state index is 15.0. The number of allylic oxidation sites excluding steroid dienone is 1. The highest BCUT2D eigenvalue weighted by Gasteiger charge is 2.61. The molecule has 5 aliphatic rings. The molecule has 0 N–H and O–H groups in total. The number of hydrogen-bond acceptors (Lipinski definition) is 12. The molecule has 3 aromatic rings. The predicted octanol–water partition coefficient (Wildman–Crippen LogP) is 9.14. The Morgan fingerprint density at radius 3 is 2.42 bits per heavy atom. The van der Waals surface area contributed by atoms with Crippen molar-refractivity contribution < 1.29 is 38.1 Å². The number of aromatic nitrogens is 2. The highest BCUT2D eigenvalue weighted by molar-refractivity contribution is 7.09. The lowest BCUT2D eigenvalue weighted by Gasteiger charge is -2.35. The van der Waals surface area contributed by atoms with Crippen LogP contribution >= 0.6 is 22.9 Å². The number of rotatable bonds is 18. The molecule has 3 saturated carbocycles. The van der Waals surface area contributed by atoms with Gasteiger partial charge in [-0.15, -0.1) is 17.9 Å². The second kappa shape index (κ2) is 19.0. The first-order chi connectivity index (χ1) is 30.6. The summed E-state index contributed by atoms with van der Waals surface area (Å²) in [5.74, 6) is 0.302. The van der Waals surface area contributed by atoms with E-state index in [0.29, 0.717) is 69.6 Å².